The molecule has 0 aliphatic heterocycles. The number of nitroso groups, excluding NO2 is 1. The summed E-state index contributed by atoms with van der Waals surface area (Å²) in [6.45, 7) is 0.0381. The molecule has 0 saturated heterocycles. The molecule has 0 aliphatic rings. The molecule has 0 amide bonds. The number of nitrogens with one attached hydrogen (secondary N) is 1. The summed E-state index contributed by atoms with van der Waals surface area (Å²) >= 11 is 5.89. The molecule has 124 valence electrons. The van der Waals surface area contributed by atoms with Crippen molar-refractivity contribution in [3.05, 3.63) is 70.4 Å². The number of aromatic nitrogens is 4. The number of H-pyrrole nitrogens is 1. The predicted molar refractivity (Wildman–Crippen MR) is 92.7 cm³/mol. The van der Waals surface area contributed by atoms with Crippen LogP contribution in [0.4, 0.5) is 4.39 Å². The molecule has 3 heterocycles. The van der Waals surface area contributed by atoms with Crippen LogP contribution >= 0.6 is 11.6 Å². The number of fused-ring (bicyclic) bond motifs is 1. The molecule has 0 spiro atoms. The standard InChI is InChI=1S/C17H11ClFN5O/c18-14-5-10(1-3-15(14)19)17-13(8-21-23-17)11-2-4-16-20-6-12(7-22-25)24(16)9-11/h1-6,8-9H,7H2,(H,21,23). The van der Waals surface area contributed by atoms with Gasteiger partial charge in [-0.1, -0.05) is 16.8 Å². The first-order chi connectivity index (χ1) is 12.2. The second-order valence-electron chi connectivity index (χ2n) is 5.47. The minimum absolute atomic E-state index is 0.0381. The minimum atomic E-state index is -0.475. The van der Waals surface area contributed by atoms with Crippen molar-refractivity contribution in [3.8, 4) is 22.4 Å². The second kappa shape index (κ2) is 6.10. The van der Waals surface area contributed by atoms with Gasteiger partial charge in [0.15, 0.2) is 0 Å². The fourth-order valence-electron chi connectivity index (χ4n) is 2.75. The van der Waals surface area contributed by atoms with E-state index >= 15 is 0 Å². The van der Waals surface area contributed by atoms with Gasteiger partial charge in [0.05, 0.1) is 28.8 Å². The van der Waals surface area contributed by atoms with Crippen molar-refractivity contribution in [1.82, 2.24) is 19.6 Å². The van der Waals surface area contributed by atoms with Crippen molar-refractivity contribution >= 4 is 17.2 Å². The molecule has 1 N–H and O–H groups in total. The fourth-order valence-corrected chi connectivity index (χ4v) is 2.93. The zero-order chi connectivity index (χ0) is 17.4. The summed E-state index contributed by atoms with van der Waals surface area (Å²) in [6, 6.07) is 8.24. The fraction of sp³-hybridized carbons (Fsp3) is 0.0588. The van der Waals surface area contributed by atoms with Gasteiger partial charge in [-0.2, -0.15) is 10.0 Å². The zero-order valence-corrected chi connectivity index (χ0v) is 13.5. The van der Waals surface area contributed by atoms with Gasteiger partial charge >= 0.3 is 0 Å². The van der Waals surface area contributed by atoms with Crippen LogP contribution in [0.1, 0.15) is 5.69 Å². The maximum atomic E-state index is 13.4. The van der Waals surface area contributed by atoms with E-state index in [2.05, 4.69) is 20.4 Å². The zero-order valence-electron chi connectivity index (χ0n) is 12.8. The Hall–Kier alpha value is -3.06. The largest absolute Gasteiger partial charge is 0.301 e. The first kappa shape index (κ1) is 15.5. The highest BCUT2D eigenvalue weighted by Crippen LogP contribution is 2.32. The molecule has 25 heavy (non-hydrogen) atoms. The molecule has 0 radical (unpaired) electrons. The van der Waals surface area contributed by atoms with Gasteiger partial charge in [-0.25, -0.2) is 9.37 Å². The number of hydrogen-bond acceptors (Lipinski definition) is 4. The minimum Gasteiger partial charge on any atom is -0.301 e. The third-order valence-corrected chi connectivity index (χ3v) is 4.26. The van der Waals surface area contributed by atoms with Gasteiger partial charge in [0.25, 0.3) is 0 Å². The van der Waals surface area contributed by atoms with Gasteiger partial charge in [-0.15, -0.1) is 0 Å². The lowest BCUT2D eigenvalue weighted by atomic mass is 10.0. The smallest absolute Gasteiger partial charge is 0.141 e. The third kappa shape index (κ3) is 2.68. The van der Waals surface area contributed by atoms with E-state index in [4.69, 9.17) is 11.6 Å². The van der Waals surface area contributed by atoms with Crippen LogP contribution in [-0.2, 0) is 6.54 Å². The van der Waals surface area contributed by atoms with Gasteiger partial charge in [0.2, 0.25) is 0 Å². The summed E-state index contributed by atoms with van der Waals surface area (Å²) in [5.41, 5.74) is 4.54. The van der Waals surface area contributed by atoms with Crippen LogP contribution in [0.5, 0.6) is 0 Å². The summed E-state index contributed by atoms with van der Waals surface area (Å²) in [5.74, 6) is -0.475. The van der Waals surface area contributed by atoms with E-state index in [9.17, 15) is 9.30 Å². The Morgan fingerprint density at radius 1 is 1.20 bits per heavy atom. The number of halogens is 2. The molecule has 8 heteroatoms. The van der Waals surface area contributed by atoms with Crippen LogP contribution in [-0.4, -0.2) is 19.6 Å². The summed E-state index contributed by atoms with van der Waals surface area (Å²) in [5, 5.41) is 9.99. The van der Waals surface area contributed by atoms with E-state index in [1.165, 1.54) is 6.07 Å². The van der Waals surface area contributed by atoms with Gasteiger partial charge < -0.3 is 4.40 Å². The maximum absolute atomic E-state index is 13.4. The predicted octanol–water partition coefficient (Wildman–Crippen LogP) is 4.45. The average Bonchev–Trinajstić information content (AvgIpc) is 3.25. The second-order valence-corrected chi connectivity index (χ2v) is 5.88. The van der Waals surface area contributed by atoms with E-state index in [0.717, 1.165) is 28.0 Å². The lowest BCUT2D eigenvalue weighted by molar-refractivity contribution is 0.628. The van der Waals surface area contributed by atoms with Crippen LogP contribution < -0.4 is 0 Å². The summed E-state index contributed by atoms with van der Waals surface area (Å²) in [6.07, 6.45) is 5.17. The third-order valence-electron chi connectivity index (χ3n) is 3.97. The Balaban J connectivity index is 1.84. The first-order valence-electron chi connectivity index (χ1n) is 7.41. The highest BCUT2D eigenvalue weighted by molar-refractivity contribution is 6.31. The number of rotatable bonds is 4. The van der Waals surface area contributed by atoms with E-state index in [0.29, 0.717) is 5.69 Å². The molecule has 3 aromatic heterocycles. The van der Waals surface area contributed by atoms with Crippen LogP contribution in [0.3, 0.4) is 0 Å². The van der Waals surface area contributed by atoms with Crippen molar-refractivity contribution in [2.45, 2.75) is 6.54 Å². The van der Waals surface area contributed by atoms with E-state index in [1.807, 2.05) is 22.7 Å². The number of benzene rings is 1. The van der Waals surface area contributed by atoms with E-state index in [-0.39, 0.29) is 11.6 Å². The molecule has 0 bridgehead atoms. The summed E-state index contributed by atoms with van der Waals surface area (Å²) in [4.78, 5) is 14.8. The number of aromatic amines is 1. The van der Waals surface area contributed by atoms with E-state index in [1.54, 1.807) is 24.5 Å². The average molecular weight is 356 g/mol. The Kier molecular flexibility index (Phi) is 3.77. The Morgan fingerprint density at radius 3 is 2.84 bits per heavy atom. The van der Waals surface area contributed by atoms with Crippen molar-refractivity contribution in [2.24, 2.45) is 5.18 Å². The van der Waals surface area contributed by atoms with Gasteiger partial charge in [-0.3, -0.25) is 5.10 Å². The number of imidazole rings is 1. The number of pyridine rings is 1. The molecule has 4 rings (SSSR count). The Bertz CT molecular complexity index is 1090. The molecule has 0 aliphatic carbocycles. The van der Waals surface area contributed by atoms with Crippen LogP contribution in [0.2, 0.25) is 5.02 Å². The SMILES string of the molecule is O=NCc1cnc2ccc(-c3cn[nH]c3-c3ccc(F)c(Cl)c3)cn12. The van der Waals surface area contributed by atoms with Crippen molar-refractivity contribution in [2.75, 3.05) is 0 Å². The van der Waals surface area contributed by atoms with Crippen LogP contribution in [0, 0.1) is 10.7 Å². The Labute approximate surface area is 146 Å². The van der Waals surface area contributed by atoms with Gasteiger partial charge in [-0.05, 0) is 30.3 Å². The lowest BCUT2D eigenvalue weighted by Gasteiger charge is -2.06. The molecule has 0 fully saturated rings. The molecule has 0 atom stereocenters. The number of hydrogen-bond donors (Lipinski definition) is 1. The topological polar surface area (TPSA) is 75.4 Å². The van der Waals surface area contributed by atoms with Crippen molar-refractivity contribution < 1.29 is 4.39 Å². The molecule has 0 unspecified atom stereocenters. The van der Waals surface area contributed by atoms with E-state index < -0.39 is 5.82 Å². The maximum Gasteiger partial charge on any atom is 0.141 e. The first-order valence-corrected chi connectivity index (χ1v) is 7.79. The monoisotopic (exact) mass is 355 g/mol. The van der Waals surface area contributed by atoms with Crippen LogP contribution in [0.15, 0.2) is 54.1 Å². The highest BCUT2D eigenvalue weighted by Gasteiger charge is 2.13. The Morgan fingerprint density at radius 2 is 2.04 bits per heavy atom. The lowest BCUT2D eigenvalue weighted by Crippen LogP contribution is -1.92. The van der Waals surface area contributed by atoms with Gasteiger partial charge in [0.1, 0.15) is 18.0 Å². The number of nitrogens with zero attached hydrogens (tertiary/aromatic N) is 4. The van der Waals surface area contributed by atoms with Crippen molar-refractivity contribution in [1.29, 1.82) is 0 Å². The highest BCUT2D eigenvalue weighted by atomic mass is 35.5. The molecule has 1 aromatic carbocycles. The van der Waals surface area contributed by atoms with Crippen LogP contribution in [0.25, 0.3) is 28.0 Å². The molecule has 0 saturated carbocycles. The summed E-state index contributed by atoms with van der Waals surface area (Å²) in [7, 11) is 0. The van der Waals surface area contributed by atoms with Crippen molar-refractivity contribution in [3.63, 3.8) is 0 Å². The molecular weight excluding hydrogens is 345 g/mol. The normalized spacial score (nSPS) is 11.1. The van der Waals surface area contributed by atoms with Gasteiger partial charge in [0, 0.05) is 22.9 Å². The molecular formula is C17H11ClFN5O. The molecule has 4 aromatic rings. The quantitative estimate of drug-likeness (QED) is 0.549. The summed E-state index contributed by atoms with van der Waals surface area (Å²) < 4.78 is 15.2. The molecule has 6 nitrogen and oxygen atoms in total.